The monoisotopic (exact) mass is 201 g/mol. The van der Waals surface area contributed by atoms with Gasteiger partial charge in [-0.05, 0) is 12.3 Å². The molecule has 4 nitrogen and oxygen atoms in total. The van der Waals surface area contributed by atoms with Crippen molar-refractivity contribution in [3.63, 3.8) is 0 Å². The molecule has 0 spiro atoms. The van der Waals surface area contributed by atoms with Gasteiger partial charge in [-0.15, -0.1) is 0 Å². The zero-order valence-corrected chi connectivity index (χ0v) is 9.08. The minimum Gasteiger partial charge on any atom is -0.467 e. The van der Waals surface area contributed by atoms with Crippen LogP contribution in [0.15, 0.2) is 0 Å². The van der Waals surface area contributed by atoms with Gasteiger partial charge in [0.05, 0.1) is 13.2 Å². The molecule has 1 aliphatic rings. The lowest BCUT2D eigenvalue weighted by molar-refractivity contribution is -0.161. The third-order valence-electron chi connectivity index (χ3n) is 2.25. The van der Waals surface area contributed by atoms with Crippen LogP contribution in [0.3, 0.4) is 0 Å². The zero-order chi connectivity index (χ0) is 10.6. The number of rotatable bonds is 5. The van der Waals surface area contributed by atoms with Crippen LogP contribution in [0.25, 0.3) is 0 Å². The highest BCUT2D eigenvalue weighted by molar-refractivity contribution is 5.74. The molecule has 1 unspecified atom stereocenters. The number of hydrogen-bond donors (Lipinski definition) is 1. The molecular formula is C10H19NO3. The van der Waals surface area contributed by atoms with Gasteiger partial charge >= 0.3 is 5.97 Å². The Morgan fingerprint density at radius 3 is 2.50 bits per heavy atom. The van der Waals surface area contributed by atoms with E-state index in [1.54, 1.807) is 0 Å². The number of esters is 1. The average molecular weight is 201 g/mol. The normalized spacial score (nSPS) is 19.1. The number of nitrogens with one attached hydrogen (secondary N) is 1. The van der Waals surface area contributed by atoms with Crippen molar-refractivity contribution in [2.24, 2.45) is 5.92 Å². The molecule has 0 radical (unpaired) electrons. The maximum atomic E-state index is 11.4. The fourth-order valence-corrected chi connectivity index (χ4v) is 1.36. The highest BCUT2D eigenvalue weighted by Gasteiger charge is 2.27. The summed E-state index contributed by atoms with van der Waals surface area (Å²) in [5, 5.41) is 3.10. The highest BCUT2D eigenvalue weighted by atomic mass is 16.6. The van der Waals surface area contributed by atoms with E-state index >= 15 is 0 Å². The lowest BCUT2D eigenvalue weighted by Crippen LogP contribution is -2.51. The van der Waals surface area contributed by atoms with Crippen LogP contribution in [0.2, 0.25) is 0 Å². The van der Waals surface area contributed by atoms with Crippen molar-refractivity contribution in [1.29, 1.82) is 0 Å². The minimum atomic E-state index is -0.396. The average Bonchev–Trinajstić information content (AvgIpc) is 2.07. The number of carbonyl (C=O) groups is 1. The van der Waals surface area contributed by atoms with Crippen LogP contribution in [0.4, 0.5) is 0 Å². The Bertz CT molecular complexity index is 190. The van der Waals surface area contributed by atoms with Gasteiger partial charge < -0.3 is 14.8 Å². The maximum absolute atomic E-state index is 11.4. The predicted molar refractivity (Wildman–Crippen MR) is 53.0 cm³/mol. The van der Waals surface area contributed by atoms with Gasteiger partial charge in [0.15, 0.2) is 6.10 Å². The molecule has 14 heavy (non-hydrogen) atoms. The SMILES string of the molecule is COC(=O)C(CC(C)C)OC1CNC1. The van der Waals surface area contributed by atoms with Crippen LogP contribution in [0, 0.1) is 5.92 Å². The Balaban J connectivity index is 2.38. The highest BCUT2D eigenvalue weighted by Crippen LogP contribution is 2.13. The first-order valence-corrected chi connectivity index (χ1v) is 5.07. The van der Waals surface area contributed by atoms with Gasteiger partial charge in [-0.1, -0.05) is 13.8 Å². The Morgan fingerprint density at radius 2 is 2.14 bits per heavy atom. The molecule has 82 valence electrons. The van der Waals surface area contributed by atoms with E-state index in [1.165, 1.54) is 7.11 Å². The van der Waals surface area contributed by atoms with E-state index < -0.39 is 6.10 Å². The molecule has 4 heteroatoms. The largest absolute Gasteiger partial charge is 0.467 e. The number of ether oxygens (including phenoxy) is 2. The lowest BCUT2D eigenvalue weighted by atomic mass is 10.1. The van der Waals surface area contributed by atoms with Crippen LogP contribution in [-0.2, 0) is 14.3 Å². The number of methoxy groups -OCH3 is 1. The molecule has 0 aromatic heterocycles. The molecule has 1 rings (SSSR count). The van der Waals surface area contributed by atoms with E-state index in [2.05, 4.69) is 19.2 Å². The summed E-state index contributed by atoms with van der Waals surface area (Å²) in [5.74, 6) is 0.178. The van der Waals surface area contributed by atoms with Gasteiger partial charge in [0.1, 0.15) is 0 Å². The maximum Gasteiger partial charge on any atom is 0.334 e. The molecule has 1 saturated heterocycles. The van der Waals surface area contributed by atoms with E-state index in [0.29, 0.717) is 5.92 Å². The molecule has 1 atom stereocenters. The van der Waals surface area contributed by atoms with E-state index in [0.717, 1.165) is 19.5 Å². The Hall–Kier alpha value is -0.610. The van der Waals surface area contributed by atoms with Crippen LogP contribution >= 0.6 is 0 Å². The van der Waals surface area contributed by atoms with Crippen LogP contribution in [-0.4, -0.2) is 38.4 Å². The summed E-state index contributed by atoms with van der Waals surface area (Å²) in [6.45, 7) is 5.81. The molecule has 1 aliphatic heterocycles. The predicted octanol–water partition coefficient (Wildman–Crippen LogP) is 0.562. The fourth-order valence-electron chi connectivity index (χ4n) is 1.36. The quantitative estimate of drug-likeness (QED) is 0.660. The summed E-state index contributed by atoms with van der Waals surface area (Å²) in [5.41, 5.74) is 0. The summed E-state index contributed by atoms with van der Waals surface area (Å²) in [6.07, 6.45) is 0.508. The zero-order valence-electron chi connectivity index (χ0n) is 9.08. The molecule has 1 N–H and O–H groups in total. The van der Waals surface area contributed by atoms with E-state index in [-0.39, 0.29) is 12.1 Å². The second-order valence-corrected chi connectivity index (χ2v) is 4.06. The molecular weight excluding hydrogens is 182 g/mol. The molecule has 1 fully saturated rings. The molecule has 0 aromatic carbocycles. The van der Waals surface area contributed by atoms with Crippen molar-refractivity contribution in [1.82, 2.24) is 5.32 Å². The van der Waals surface area contributed by atoms with Crippen LogP contribution in [0.5, 0.6) is 0 Å². The van der Waals surface area contributed by atoms with Gasteiger partial charge in [0.2, 0.25) is 0 Å². The molecule has 0 aliphatic carbocycles. The second-order valence-electron chi connectivity index (χ2n) is 4.06. The van der Waals surface area contributed by atoms with Crippen LogP contribution < -0.4 is 5.32 Å². The molecule has 1 heterocycles. The minimum absolute atomic E-state index is 0.179. The van der Waals surface area contributed by atoms with Crippen molar-refractivity contribution in [3.8, 4) is 0 Å². The van der Waals surface area contributed by atoms with Crippen molar-refractivity contribution in [2.75, 3.05) is 20.2 Å². The van der Waals surface area contributed by atoms with Crippen molar-refractivity contribution in [2.45, 2.75) is 32.5 Å². The van der Waals surface area contributed by atoms with Gasteiger partial charge in [0, 0.05) is 13.1 Å². The number of carbonyl (C=O) groups excluding carboxylic acids is 1. The Labute approximate surface area is 85.0 Å². The summed E-state index contributed by atoms with van der Waals surface area (Å²) >= 11 is 0. The second kappa shape index (κ2) is 5.32. The molecule has 0 amide bonds. The Morgan fingerprint density at radius 1 is 1.50 bits per heavy atom. The molecule has 0 bridgehead atoms. The van der Waals surface area contributed by atoms with Crippen molar-refractivity contribution in [3.05, 3.63) is 0 Å². The third kappa shape index (κ3) is 3.27. The van der Waals surface area contributed by atoms with Gasteiger partial charge in [0.25, 0.3) is 0 Å². The Kier molecular flexibility index (Phi) is 4.35. The number of hydrogen-bond acceptors (Lipinski definition) is 4. The van der Waals surface area contributed by atoms with E-state index in [4.69, 9.17) is 9.47 Å². The summed E-state index contributed by atoms with van der Waals surface area (Å²) in [6, 6.07) is 0. The first-order valence-electron chi connectivity index (χ1n) is 5.07. The van der Waals surface area contributed by atoms with Gasteiger partial charge in [-0.25, -0.2) is 4.79 Å². The topological polar surface area (TPSA) is 47.6 Å². The summed E-state index contributed by atoms with van der Waals surface area (Å²) in [7, 11) is 1.40. The van der Waals surface area contributed by atoms with Gasteiger partial charge in [-0.2, -0.15) is 0 Å². The van der Waals surface area contributed by atoms with Gasteiger partial charge in [-0.3, -0.25) is 0 Å². The standard InChI is InChI=1S/C10H19NO3/c1-7(2)4-9(10(12)13-3)14-8-5-11-6-8/h7-9,11H,4-6H2,1-3H3. The first-order chi connectivity index (χ1) is 6.63. The van der Waals surface area contributed by atoms with E-state index in [9.17, 15) is 4.79 Å². The van der Waals surface area contributed by atoms with E-state index in [1.807, 2.05) is 0 Å². The van der Waals surface area contributed by atoms with Crippen LogP contribution in [0.1, 0.15) is 20.3 Å². The van der Waals surface area contributed by atoms with Crippen molar-refractivity contribution >= 4 is 5.97 Å². The fraction of sp³-hybridized carbons (Fsp3) is 0.900. The summed E-state index contributed by atoms with van der Waals surface area (Å²) in [4.78, 5) is 11.4. The lowest BCUT2D eigenvalue weighted by Gasteiger charge is -2.30. The first kappa shape index (κ1) is 11.5. The molecule has 0 saturated carbocycles. The van der Waals surface area contributed by atoms with Crippen molar-refractivity contribution < 1.29 is 14.3 Å². The smallest absolute Gasteiger partial charge is 0.334 e. The summed E-state index contributed by atoms with van der Waals surface area (Å²) < 4.78 is 10.3. The third-order valence-corrected chi connectivity index (χ3v) is 2.25. The molecule has 0 aromatic rings.